The fourth-order valence-electron chi connectivity index (χ4n) is 5.14. The molecule has 1 fully saturated rings. The van der Waals surface area contributed by atoms with Gasteiger partial charge in [0.2, 0.25) is 0 Å². The van der Waals surface area contributed by atoms with Crippen molar-refractivity contribution in [2.75, 3.05) is 11.9 Å². The van der Waals surface area contributed by atoms with Crippen LogP contribution in [0.3, 0.4) is 0 Å². The number of hydrogen-bond donors (Lipinski definition) is 3. The van der Waals surface area contributed by atoms with E-state index >= 15 is 0 Å². The molecule has 224 valence electrons. The van der Waals surface area contributed by atoms with E-state index in [-0.39, 0.29) is 30.2 Å². The second-order valence-electron chi connectivity index (χ2n) is 12.7. The molecule has 0 aliphatic carbocycles. The third kappa shape index (κ3) is 5.69. The Balaban J connectivity index is 1.67. The van der Waals surface area contributed by atoms with Crippen LogP contribution in [0.2, 0.25) is 0 Å². The average Bonchev–Trinajstić information content (AvgIpc) is 3.28. The molecule has 11 nitrogen and oxygen atoms in total. The molecular formula is C31H39N5O6. The number of carbonyl (C=O) groups excluding carboxylic acids is 2. The number of ether oxygens (including phenoxy) is 2. The maximum absolute atomic E-state index is 13.0. The second-order valence-corrected chi connectivity index (χ2v) is 12.7. The van der Waals surface area contributed by atoms with Crippen molar-refractivity contribution in [3.63, 3.8) is 0 Å². The molecule has 3 atom stereocenters. The van der Waals surface area contributed by atoms with Crippen LogP contribution in [0, 0.1) is 16.7 Å². The van der Waals surface area contributed by atoms with Gasteiger partial charge in [0.1, 0.15) is 16.8 Å². The molecule has 0 bridgehead atoms. The van der Waals surface area contributed by atoms with E-state index in [0.29, 0.717) is 35.0 Å². The van der Waals surface area contributed by atoms with Gasteiger partial charge in [0.25, 0.3) is 5.56 Å². The largest absolute Gasteiger partial charge is 0.458 e. The smallest absolute Gasteiger partial charge is 0.335 e. The molecular weight excluding hydrogens is 538 g/mol. The van der Waals surface area contributed by atoms with Crippen LogP contribution < -0.4 is 10.9 Å². The number of anilines is 2. The van der Waals surface area contributed by atoms with E-state index in [1.807, 2.05) is 0 Å². The van der Waals surface area contributed by atoms with E-state index in [0.717, 1.165) is 0 Å². The number of aliphatic hydroxyl groups is 1. The molecule has 0 radical (unpaired) electrons. The molecule has 1 aromatic carbocycles. The lowest BCUT2D eigenvalue weighted by atomic mass is 9.70. The summed E-state index contributed by atoms with van der Waals surface area (Å²) < 4.78 is 13.1. The normalized spacial score (nSPS) is 20.9. The van der Waals surface area contributed by atoms with E-state index in [1.54, 1.807) is 76.6 Å². The third-order valence-corrected chi connectivity index (χ3v) is 8.36. The molecule has 3 N–H and O–H groups in total. The number of pyridine rings is 1. The number of carbonyl (C=O) groups is 2. The van der Waals surface area contributed by atoms with Crippen LogP contribution in [0.15, 0.2) is 41.3 Å². The number of benzene rings is 1. The predicted molar refractivity (Wildman–Crippen MR) is 157 cm³/mol. The minimum Gasteiger partial charge on any atom is -0.458 e. The van der Waals surface area contributed by atoms with E-state index in [9.17, 15) is 24.8 Å². The molecule has 42 heavy (non-hydrogen) atoms. The van der Waals surface area contributed by atoms with Gasteiger partial charge in [-0.15, -0.1) is 0 Å². The lowest BCUT2D eigenvalue weighted by Crippen LogP contribution is -2.47. The van der Waals surface area contributed by atoms with Gasteiger partial charge in [-0.3, -0.25) is 14.3 Å². The second kappa shape index (κ2) is 11.0. The Bertz CT molecular complexity index is 1580. The number of Topliss-reactive ketones (excluding diaryl/α,β-unsaturated/α-hetero) is 1. The molecule has 1 aliphatic heterocycles. The number of ketones is 1. The zero-order valence-electron chi connectivity index (χ0n) is 25.2. The van der Waals surface area contributed by atoms with Crippen molar-refractivity contribution in [1.29, 1.82) is 5.26 Å². The van der Waals surface area contributed by atoms with Gasteiger partial charge in [0, 0.05) is 11.9 Å². The van der Waals surface area contributed by atoms with Gasteiger partial charge in [-0.05, 0) is 85.1 Å². The van der Waals surface area contributed by atoms with Crippen molar-refractivity contribution < 1.29 is 24.2 Å². The molecule has 0 spiro atoms. The van der Waals surface area contributed by atoms with Crippen LogP contribution in [0.5, 0.6) is 0 Å². The monoisotopic (exact) mass is 577 g/mol. The Hall–Kier alpha value is -4.01. The first kappa shape index (κ1) is 30.9. The zero-order chi connectivity index (χ0) is 31.1. The van der Waals surface area contributed by atoms with Crippen LogP contribution in [0.25, 0.3) is 10.9 Å². The molecule has 1 unspecified atom stereocenters. The number of fused-ring (bicyclic) bond motifs is 1. The Morgan fingerprint density at radius 3 is 2.43 bits per heavy atom. The average molecular weight is 578 g/mol. The van der Waals surface area contributed by atoms with Crippen molar-refractivity contribution in [3.8, 4) is 6.07 Å². The number of esters is 1. The van der Waals surface area contributed by atoms with Gasteiger partial charge in [0.05, 0.1) is 41.2 Å². The van der Waals surface area contributed by atoms with Gasteiger partial charge in [-0.2, -0.15) is 10.4 Å². The summed E-state index contributed by atoms with van der Waals surface area (Å²) >= 11 is 0. The van der Waals surface area contributed by atoms with Crippen molar-refractivity contribution in [2.45, 2.75) is 90.6 Å². The van der Waals surface area contributed by atoms with E-state index in [2.05, 4.69) is 16.4 Å². The van der Waals surface area contributed by atoms with Gasteiger partial charge in [0.15, 0.2) is 11.9 Å². The van der Waals surface area contributed by atoms with E-state index < -0.39 is 34.2 Å². The Morgan fingerprint density at radius 1 is 1.21 bits per heavy atom. The minimum absolute atomic E-state index is 0.0310. The fraction of sp³-hybridized carbons (Fsp3) is 0.516. The molecule has 3 aromatic rings. The summed E-state index contributed by atoms with van der Waals surface area (Å²) in [6, 6.07) is 10.9. The van der Waals surface area contributed by atoms with E-state index in [1.165, 1.54) is 13.1 Å². The van der Waals surface area contributed by atoms with Crippen molar-refractivity contribution >= 4 is 34.2 Å². The van der Waals surface area contributed by atoms with Crippen molar-refractivity contribution in [1.82, 2.24) is 14.8 Å². The lowest BCUT2D eigenvalue weighted by Gasteiger charge is -2.39. The Labute approximate surface area is 244 Å². The summed E-state index contributed by atoms with van der Waals surface area (Å²) in [5.41, 5.74) is -2.68. The summed E-state index contributed by atoms with van der Waals surface area (Å²) in [5, 5.41) is 29.2. The highest BCUT2D eigenvalue weighted by Crippen LogP contribution is 2.41. The molecule has 0 amide bonds. The first-order valence-corrected chi connectivity index (χ1v) is 14.0. The highest BCUT2D eigenvalue weighted by atomic mass is 16.6. The number of rotatable bonds is 8. The zero-order valence-corrected chi connectivity index (χ0v) is 25.2. The van der Waals surface area contributed by atoms with Crippen LogP contribution >= 0.6 is 0 Å². The number of aromatic nitrogens is 3. The summed E-state index contributed by atoms with van der Waals surface area (Å²) in [6.07, 6.45) is 1.54. The van der Waals surface area contributed by atoms with E-state index in [4.69, 9.17) is 14.6 Å². The summed E-state index contributed by atoms with van der Waals surface area (Å²) in [7, 11) is 0. The molecule has 3 heterocycles. The predicted octanol–water partition coefficient (Wildman–Crippen LogP) is 4.42. The molecule has 2 aromatic heterocycles. The first-order chi connectivity index (χ1) is 19.5. The number of nitrogens with zero attached hydrogens (tertiary/aromatic N) is 3. The van der Waals surface area contributed by atoms with Crippen LogP contribution in [-0.2, 0) is 30.2 Å². The standard InChI is InChI=1S/C31H39N5O6/c1-19(37)29(5,6)30(7,40)20-8-10-21(11-9-20)34-25-24-22(13-17-33-26(24)38)36(35-25)31(15-16-32)14-12-23(41-18-31)27(39)42-28(2,3)4/h8-11,13,17,23,40H,12,14-15,18H2,1-7H3,(H,33,38)(H,34,35)/t23-,30?,31-/m0/s1. The third-order valence-electron chi connectivity index (χ3n) is 8.36. The molecule has 0 saturated carbocycles. The van der Waals surface area contributed by atoms with Crippen molar-refractivity contribution in [2.24, 2.45) is 5.41 Å². The molecule has 4 rings (SSSR count). The maximum atomic E-state index is 13.0. The highest BCUT2D eigenvalue weighted by molar-refractivity contribution is 5.91. The van der Waals surface area contributed by atoms with Crippen LogP contribution in [-0.4, -0.2) is 49.9 Å². The number of hydrogen-bond acceptors (Lipinski definition) is 9. The fourth-order valence-corrected chi connectivity index (χ4v) is 5.14. The van der Waals surface area contributed by atoms with Gasteiger partial charge in [-0.1, -0.05) is 12.1 Å². The topological polar surface area (TPSA) is 159 Å². The number of nitriles is 1. The molecule has 1 saturated heterocycles. The van der Waals surface area contributed by atoms with Gasteiger partial charge >= 0.3 is 5.97 Å². The number of H-pyrrole nitrogens is 1. The highest BCUT2D eigenvalue weighted by Gasteiger charge is 2.45. The Kier molecular flexibility index (Phi) is 8.10. The van der Waals surface area contributed by atoms with Crippen molar-refractivity contribution in [3.05, 3.63) is 52.4 Å². The summed E-state index contributed by atoms with van der Waals surface area (Å²) in [4.78, 5) is 40.5. The maximum Gasteiger partial charge on any atom is 0.335 e. The Morgan fingerprint density at radius 2 is 1.88 bits per heavy atom. The number of aromatic amines is 1. The first-order valence-electron chi connectivity index (χ1n) is 14.0. The summed E-state index contributed by atoms with van der Waals surface area (Å²) in [6.45, 7) is 11.9. The SMILES string of the molecule is CC(=O)C(C)(C)C(C)(O)c1ccc(Nc2nn([C@]3(CC#N)CC[C@@H](C(=O)OC(C)(C)C)OC3)c3cc[nH]c(=O)c23)cc1. The quantitative estimate of drug-likeness (QED) is 0.329. The van der Waals surface area contributed by atoms with Gasteiger partial charge in [-0.25, -0.2) is 4.79 Å². The lowest BCUT2D eigenvalue weighted by molar-refractivity contribution is -0.176. The number of nitrogens with one attached hydrogen (secondary N) is 2. The minimum atomic E-state index is -1.41. The van der Waals surface area contributed by atoms with Gasteiger partial charge < -0.3 is 24.9 Å². The molecule has 11 heteroatoms. The molecule has 1 aliphatic rings. The van der Waals surface area contributed by atoms with Crippen LogP contribution in [0.1, 0.15) is 73.3 Å². The summed E-state index contributed by atoms with van der Waals surface area (Å²) in [5.74, 6) is -0.311. The van der Waals surface area contributed by atoms with Crippen LogP contribution in [0.4, 0.5) is 11.5 Å².